The zero-order valence-electron chi connectivity index (χ0n) is 17.4. The van der Waals surface area contributed by atoms with Crippen LogP contribution in [0.5, 0.6) is 0 Å². The molecule has 0 spiro atoms. The van der Waals surface area contributed by atoms with Crippen LogP contribution in [0.2, 0.25) is 0 Å². The molecule has 1 aromatic heterocycles. The fraction of sp³-hybridized carbons (Fsp3) is 0.261. The summed E-state index contributed by atoms with van der Waals surface area (Å²) in [4.78, 5) is 25.2. The molecule has 0 fully saturated rings. The number of nitrogens with one attached hydrogen (secondary N) is 1. The number of para-hydroxylation sites is 1. The van der Waals surface area contributed by atoms with Gasteiger partial charge < -0.3 is 15.1 Å². The van der Waals surface area contributed by atoms with E-state index in [-0.39, 0.29) is 5.91 Å². The Morgan fingerprint density at radius 2 is 1.62 bits per heavy atom. The van der Waals surface area contributed by atoms with Gasteiger partial charge in [-0.2, -0.15) is 0 Å². The summed E-state index contributed by atoms with van der Waals surface area (Å²) in [6.07, 6.45) is 3.10. The molecule has 0 atom stereocenters. The SMILES string of the molecule is CCN(CC)c1ccc(Nc2ncc(C(=O)N(C)c3ccccc3)cn2)c(C)c1. The van der Waals surface area contributed by atoms with Crippen LogP contribution in [0.25, 0.3) is 0 Å². The highest BCUT2D eigenvalue weighted by Gasteiger charge is 2.14. The number of rotatable bonds is 7. The first-order chi connectivity index (χ1) is 14.0. The Kier molecular flexibility index (Phi) is 6.44. The largest absolute Gasteiger partial charge is 0.372 e. The summed E-state index contributed by atoms with van der Waals surface area (Å²) in [6.45, 7) is 8.30. The molecular weight excluding hydrogens is 362 g/mol. The molecule has 1 heterocycles. The van der Waals surface area contributed by atoms with Gasteiger partial charge in [0.15, 0.2) is 0 Å². The van der Waals surface area contributed by atoms with Crippen LogP contribution in [0, 0.1) is 6.92 Å². The smallest absolute Gasteiger partial charge is 0.261 e. The lowest BCUT2D eigenvalue weighted by atomic mass is 10.1. The molecule has 1 amide bonds. The van der Waals surface area contributed by atoms with Gasteiger partial charge in [0.1, 0.15) is 0 Å². The maximum absolute atomic E-state index is 12.6. The Bertz CT molecular complexity index is 953. The fourth-order valence-electron chi connectivity index (χ4n) is 3.16. The van der Waals surface area contributed by atoms with E-state index in [1.54, 1.807) is 24.3 Å². The second kappa shape index (κ2) is 9.19. The van der Waals surface area contributed by atoms with E-state index in [9.17, 15) is 4.79 Å². The molecule has 29 heavy (non-hydrogen) atoms. The van der Waals surface area contributed by atoms with Gasteiger partial charge in [0.05, 0.1) is 5.56 Å². The maximum Gasteiger partial charge on any atom is 0.261 e. The lowest BCUT2D eigenvalue weighted by Gasteiger charge is -2.22. The summed E-state index contributed by atoms with van der Waals surface area (Å²) in [6, 6.07) is 15.8. The van der Waals surface area contributed by atoms with E-state index in [1.807, 2.05) is 36.4 Å². The molecule has 0 aliphatic heterocycles. The predicted octanol–water partition coefficient (Wildman–Crippen LogP) is 4.65. The minimum Gasteiger partial charge on any atom is -0.372 e. The van der Waals surface area contributed by atoms with Crippen molar-refractivity contribution in [1.29, 1.82) is 0 Å². The van der Waals surface area contributed by atoms with Crippen LogP contribution in [-0.2, 0) is 0 Å². The van der Waals surface area contributed by atoms with Crippen LogP contribution in [0.3, 0.4) is 0 Å². The molecule has 150 valence electrons. The lowest BCUT2D eigenvalue weighted by Crippen LogP contribution is -2.26. The van der Waals surface area contributed by atoms with Gasteiger partial charge in [-0.25, -0.2) is 9.97 Å². The first kappa shape index (κ1) is 20.3. The molecule has 0 saturated heterocycles. The fourth-order valence-corrected chi connectivity index (χ4v) is 3.16. The summed E-state index contributed by atoms with van der Waals surface area (Å²) < 4.78 is 0. The zero-order valence-corrected chi connectivity index (χ0v) is 17.4. The summed E-state index contributed by atoms with van der Waals surface area (Å²) in [5.41, 5.74) is 4.52. The number of anilines is 4. The molecule has 0 unspecified atom stereocenters. The lowest BCUT2D eigenvalue weighted by molar-refractivity contribution is 0.0992. The molecule has 3 aromatic rings. The van der Waals surface area contributed by atoms with Gasteiger partial charge in [0, 0.05) is 49.6 Å². The first-order valence-electron chi connectivity index (χ1n) is 9.81. The molecule has 3 rings (SSSR count). The van der Waals surface area contributed by atoms with Crippen LogP contribution in [-0.4, -0.2) is 36.0 Å². The molecule has 0 saturated carbocycles. The number of hydrogen-bond acceptors (Lipinski definition) is 5. The van der Waals surface area contributed by atoms with E-state index in [0.29, 0.717) is 11.5 Å². The van der Waals surface area contributed by atoms with E-state index in [4.69, 9.17) is 0 Å². The Morgan fingerprint density at radius 3 is 2.21 bits per heavy atom. The van der Waals surface area contributed by atoms with Gasteiger partial charge in [0.2, 0.25) is 5.95 Å². The van der Waals surface area contributed by atoms with Crippen molar-refractivity contribution in [3.05, 3.63) is 72.1 Å². The first-order valence-corrected chi connectivity index (χ1v) is 9.81. The Morgan fingerprint density at radius 1 is 0.966 bits per heavy atom. The monoisotopic (exact) mass is 389 g/mol. The molecule has 0 radical (unpaired) electrons. The number of aromatic nitrogens is 2. The van der Waals surface area contributed by atoms with Crippen molar-refractivity contribution < 1.29 is 4.79 Å². The molecule has 6 heteroatoms. The molecule has 0 bridgehead atoms. The minimum atomic E-state index is -0.150. The number of benzene rings is 2. The van der Waals surface area contributed by atoms with Crippen LogP contribution in [0.1, 0.15) is 29.8 Å². The summed E-state index contributed by atoms with van der Waals surface area (Å²) in [5, 5.41) is 3.24. The quantitative estimate of drug-likeness (QED) is 0.637. The van der Waals surface area contributed by atoms with Crippen molar-refractivity contribution in [2.45, 2.75) is 20.8 Å². The predicted molar refractivity (Wildman–Crippen MR) is 119 cm³/mol. The maximum atomic E-state index is 12.6. The van der Waals surface area contributed by atoms with Crippen molar-refractivity contribution in [2.24, 2.45) is 0 Å². The standard InChI is InChI=1S/C23H27N5O/c1-5-28(6-2)20-12-13-21(17(3)14-20)26-23-24-15-18(16-25-23)22(29)27(4)19-10-8-7-9-11-19/h7-16H,5-6H2,1-4H3,(H,24,25,26). The number of aryl methyl sites for hydroxylation is 1. The van der Waals surface area contributed by atoms with Crippen molar-refractivity contribution in [1.82, 2.24) is 9.97 Å². The minimum absolute atomic E-state index is 0.150. The van der Waals surface area contributed by atoms with E-state index < -0.39 is 0 Å². The number of amides is 1. The van der Waals surface area contributed by atoms with Gasteiger partial charge in [0.25, 0.3) is 5.91 Å². The third-order valence-corrected chi connectivity index (χ3v) is 4.93. The van der Waals surface area contributed by atoms with Crippen LogP contribution in [0.15, 0.2) is 60.9 Å². The summed E-state index contributed by atoms with van der Waals surface area (Å²) in [5.74, 6) is 0.310. The third-order valence-electron chi connectivity index (χ3n) is 4.93. The molecule has 2 aromatic carbocycles. The van der Waals surface area contributed by atoms with Crippen molar-refractivity contribution >= 4 is 28.9 Å². The highest BCUT2D eigenvalue weighted by molar-refractivity contribution is 6.05. The summed E-state index contributed by atoms with van der Waals surface area (Å²) in [7, 11) is 1.74. The van der Waals surface area contributed by atoms with E-state index in [0.717, 1.165) is 30.0 Å². The number of hydrogen-bond donors (Lipinski definition) is 1. The van der Waals surface area contributed by atoms with E-state index >= 15 is 0 Å². The van der Waals surface area contributed by atoms with Crippen LogP contribution >= 0.6 is 0 Å². The summed E-state index contributed by atoms with van der Waals surface area (Å²) >= 11 is 0. The van der Waals surface area contributed by atoms with Crippen LogP contribution < -0.4 is 15.1 Å². The molecule has 0 aliphatic carbocycles. The molecule has 1 N–H and O–H groups in total. The number of carbonyl (C=O) groups excluding carboxylic acids is 1. The second-order valence-electron chi connectivity index (χ2n) is 6.79. The molecular formula is C23H27N5O. The third kappa shape index (κ3) is 4.71. The molecule has 6 nitrogen and oxygen atoms in total. The normalized spacial score (nSPS) is 10.5. The van der Waals surface area contributed by atoms with Gasteiger partial charge in [-0.3, -0.25) is 4.79 Å². The van der Waals surface area contributed by atoms with Gasteiger partial charge in [-0.05, 0) is 56.7 Å². The Balaban J connectivity index is 1.71. The van der Waals surface area contributed by atoms with Crippen molar-refractivity contribution in [3.63, 3.8) is 0 Å². The van der Waals surface area contributed by atoms with E-state index in [2.05, 4.69) is 53.1 Å². The Hall–Kier alpha value is -3.41. The number of carbonyl (C=O) groups is 1. The van der Waals surface area contributed by atoms with Crippen molar-refractivity contribution in [3.8, 4) is 0 Å². The topological polar surface area (TPSA) is 61.4 Å². The second-order valence-corrected chi connectivity index (χ2v) is 6.79. The zero-order chi connectivity index (χ0) is 20.8. The van der Waals surface area contributed by atoms with E-state index in [1.165, 1.54) is 5.69 Å². The average molecular weight is 390 g/mol. The van der Waals surface area contributed by atoms with Gasteiger partial charge in [-0.1, -0.05) is 18.2 Å². The van der Waals surface area contributed by atoms with Crippen molar-refractivity contribution in [2.75, 3.05) is 35.3 Å². The highest BCUT2D eigenvalue weighted by atomic mass is 16.2. The average Bonchev–Trinajstić information content (AvgIpc) is 2.76. The van der Waals surface area contributed by atoms with Gasteiger partial charge in [-0.15, -0.1) is 0 Å². The number of nitrogens with zero attached hydrogens (tertiary/aromatic N) is 4. The highest BCUT2D eigenvalue weighted by Crippen LogP contribution is 2.24. The van der Waals surface area contributed by atoms with Gasteiger partial charge >= 0.3 is 0 Å². The molecule has 0 aliphatic rings. The van der Waals surface area contributed by atoms with Crippen LogP contribution in [0.4, 0.5) is 23.0 Å². The Labute approximate surface area is 172 Å².